The third-order valence-electron chi connectivity index (χ3n) is 2.89. The van der Waals surface area contributed by atoms with Crippen LogP contribution in [0.2, 0.25) is 0 Å². The highest BCUT2D eigenvalue weighted by atomic mass is 16.5. The quantitative estimate of drug-likeness (QED) is 0.407. The molecule has 0 saturated heterocycles. The summed E-state index contributed by atoms with van der Waals surface area (Å²) in [4.78, 5) is 23.1. The molecule has 0 saturated carbocycles. The van der Waals surface area contributed by atoms with Crippen molar-refractivity contribution in [2.24, 2.45) is 0 Å². The molecule has 5 heteroatoms. The molecule has 100 valence electrons. The fourth-order valence-electron chi connectivity index (χ4n) is 1.92. The first-order chi connectivity index (χ1) is 9.63. The molecule has 0 amide bonds. The van der Waals surface area contributed by atoms with Crippen LogP contribution in [0.1, 0.15) is 15.9 Å². The van der Waals surface area contributed by atoms with Crippen molar-refractivity contribution in [1.82, 2.24) is 0 Å². The van der Waals surface area contributed by atoms with Gasteiger partial charge in [0.25, 0.3) is 0 Å². The zero-order valence-electron chi connectivity index (χ0n) is 10.6. The zero-order valence-corrected chi connectivity index (χ0v) is 10.6. The first kappa shape index (κ1) is 12.2. The number of carbonyl (C=O) groups excluding carboxylic acids is 1. The van der Waals surface area contributed by atoms with Gasteiger partial charge < -0.3 is 13.6 Å². The van der Waals surface area contributed by atoms with Crippen LogP contribution in [0.3, 0.4) is 0 Å². The van der Waals surface area contributed by atoms with Gasteiger partial charge in [0.1, 0.15) is 17.6 Å². The van der Waals surface area contributed by atoms with E-state index in [0.29, 0.717) is 16.9 Å². The number of hydrogen-bond acceptors (Lipinski definition) is 5. The molecule has 0 fully saturated rings. The largest absolute Gasteiger partial charge is 0.472 e. The highest BCUT2D eigenvalue weighted by molar-refractivity contribution is 5.91. The molecule has 0 radical (unpaired) electrons. The van der Waals surface area contributed by atoms with Crippen LogP contribution in [0.5, 0.6) is 5.75 Å². The van der Waals surface area contributed by atoms with Crippen molar-refractivity contribution in [2.75, 3.05) is 0 Å². The van der Waals surface area contributed by atoms with Crippen LogP contribution in [-0.2, 0) is 0 Å². The van der Waals surface area contributed by atoms with Crippen molar-refractivity contribution in [1.29, 1.82) is 0 Å². The Hall–Kier alpha value is -2.82. The lowest BCUT2D eigenvalue weighted by Crippen LogP contribution is -2.07. The van der Waals surface area contributed by atoms with Crippen molar-refractivity contribution in [3.8, 4) is 5.75 Å². The van der Waals surface area contributed by atoms with Crippen LogP contribution >= 0.6 is 0 Å². The molecule has 0 atom stereocenters. The minimum absolute atomic E-state index is 0.303. The summed E-state index contributed by atoms with van der Waals surface area (Å²) in [5.74, 6) is -0.231. The van der Waals surface area contributed by atoms with Gasteiger partial charge in [0.2, 0.25) is 0 Å². The molecule has 5 nitrogen and oxygen atoms in total. The molecule has 0 spiro atoms. The third kappa shape index (κ3) is 2.21. The van der Waals surface area contributed by atoms with Gasteiger partial charge in [-0.05, 0) is 30.7 Å². The Morgan fingerprint density at radius 1 is 1.20 bits per heavy atom. The number of hydrogen-bond donors (Lipinski definition) is 0. The molecule has 0 bridgehead atoms. The van der Waals surface area contributed by atoms with Crippen molar-refractivity contribution < 1.29 is 18.4 Å². The molecule has 2 aromatic heterocycles. The number of ether oxygens (including phenoxy) is 1. The third-order valence-corrected chi connectivity index (χ3v) is 2.89. The van der Waals surface area contributed by atoms with Gasteiger partial charge in [-0.1, -0.05) is 0 Å². The fourth-order valence-corrected chi connectivity index (χ4v) is 1.92. The molecule has 1 aromatic carbocycles. The standard InChI is InChI=1S/C15H10O5/c1-9-6-14(16)20-13-7-11(2-3-12(9)13)19-15(17)10-4-5-18-8-10/h2-8H,1H3. The van der Waals surface area contributed by atoms with Gasteiger partial charge >= 0.3 is 11.6 Å². The van der Waals surface area contributed by atoms with Gasteiger partial charge in [0.15, 0.2) is 0 Å². The molecule has 0 N–H and O–H groups in total. The average Bonchev–Trinajstić information content (AvgIpc) is 2.91. The normalized spacial score (nSPS) is 10.7. The number of carbonyl (C=O) groups is 1. The molecular weight excluding hydrogens is 260 g/mol. The number of benzene rings is 1. The molecule has 2 heterocycles. The van der Waals surface area contributed by atoms with Gasteiger partial charge in [-0.3, -0.25) is 0 Å². The van der Waals surface area contributed by atoms with Crippen LogP contribution in [0.25, 0.3) is 11.0 Å². The molecule has 3 rings (SSSR count). The van der Waals surface area contributed by atoms with Crippen LogP contribution in [0, 0.1) is 6.92 Å². The topological polar surface area (TPSA) is 69.7 Å². The predicted octanol–water partition coefficient (Wildman–Crippen LogP) is 2.91. The Balaban J connectivity index is 1.97. The van der Waals surface area contributed by atoms with Crippen molar-refractivity contribution >= 4 is 16.9 Å². The Kier molecular flexibility index (Phi) is 2.87. The molecule has 20 heavy (non-hydrogen) atoms. The summed E-state index contributed by atoms with van der Waals surface area (Å²) in [5.41, 5.74) is 1.07. The number of rotatable bonds is 2. The average molecular weight is 270 g/mol. The molecule has 0 aliphatic rings. The van der Waals surface area contributed by atoms with E-state index in [9.17, 15) is 9.59 Å². The Labute approximate surface area is 113 Å². The maximum atomic E-state index is 11.8. The summed E-state index contributed by atoms with van der Waals surface area (Å²) in [5, 5.41) is 0.799. The first-order valence-electron chi connectivity index (χ1n) is 5.92. The smallest absolute Gasteiger partial charge is 0.346 e. The first-order valence-corrected chi connectivity index (χ1v) is 5.92. The molecular formula is C15H10O5. The summed E-state index contributed by atoms with van der Waals surface area (Å²) >= 11 is 0. The SMILES string of the molecule is Cc1cc(=O)oc2cc(OC(=O)c3ccoc3)ccc12. The Morgan fingerprint density at radius 3 is 2.80 bits per heavy atom. The zero-order chi connectivity index (χ0) is 14.1. The minimum Gasteiger partial charge on any atom is -0.472 e. The number of aryl methyl sites for hydroxylation is 1. The minimum atomic E-state index is -0.534. The van der Waals surface area contributed by atoms with E-state index in [1.807, 2.05) is 6.92 Å². The summed E-state index contributed by atoms with van der Waals surface area (Å²) in [7, 11) is 0. The Morgan fingerprint density at radius 2 is 2.05 bits per heavy atom. The van der Waals surface area contributed by atoms with E-state index in [-0.39, 0.29) is 0 Å². The highest BCUT2D eigenvalue weighted by Crippen LogP contribution is 2.22. The van der Waals surface area contributed by atoms with Gasteiger partial charge in [-0.2, -0.15) is 0 Å². The van der Waals surface area contributed by atoms with Crippen molar-refractivity contribution in [3.63, 3.8) is 0 Å². The van der Waals surface area contributed by atoms with Crippen LogP contribution in [-0.4, -0.2) is 5.97 Å². The lowest BCUT2D eigenvalue weighted by Gasteiger charge is -2.05. The van der Waals surface area contributed by atoms with Crippen LogP contribution in [0.15, 0.2) is 56.5 Å². The van der Waals surface area contributed by atoms with E-state index >= 15 is 0 Å². The maximum absolute atomic E-state index is 11.8. The highest BCUT2D eigenvalue weighted by Gasteiger charge is 2.11. The summed E-state index contributed by atoms with van der Waals surface area (Å²) < 4.78 is 15.1. The molecule has 0 aliphatic heterocycles. The van der Waals surface area contributed by atoms with Gasteiger partial charge in [0, 0.05) is 17.5 Å². The predicted molar refractivity (Wildman–Crippen MR) is 70.9 cm³/mol. The lowest BCUT2D eigenvalue weighted by atomic mass is 10.1. The second kappa shape index (κ2) is 4.70. The second-order valence-electron chi connectivity index (χ2n) is 4.31. The fraction of sp³-hybridized carbons (Fsp3) is 0.0667. The second-order valence-corrected chi connectivity index (χ2v) is 4.31. The van der Waals surface area contributed by atoms with E-state index in [2.05, 4.69) is 0 Å². The maximum Gasteiger partial charge on any atom is 0.346 e. The molecule has 0 unspecified atom stereocenters. The van der Waals surface area contributed by atoms with E-state index in [1.54, 1.807) is 12.1 Å². The number of fused-ring (bicyclic) bond motifs is 1. The van der Waals surface area contributed by atoms with E-state index < -0.39 is 11.6 Å². The van der Waals surface area contributed by atoms with Crippen LogP contribution < -0.4 is 10.4 Å². The summed E-state index contributed by atoms with van der Waals surface area (Å²) in [6.45, 7) is 1.82. The van der Waals surface area contributed by atoms with Gasteiger partial charge in [-0.15, -0.1) is 0 Å². The number of furan rings is 1. The number of esters is 1. The van der Waals surface area contributed by atoms with Crippen molar-refractivity contribution in [3.05, 3.63) is 64.4 Å². The summed E-state index contributed by atoms with van der Waals surface area (Å²) in [6.07, 6.45) is 2.69. The van der Waals surface area contributed by atoms with Gasteiger partial charge in [-0.25, -0.2) is 9.59 Å². The monoisotopic (exact) mass is 270 g/mol. The van der Waals surface area contributed by atoms with Crippen LogP contribution in [0.4, 0.5) is 0 Å². The van der Waals surface area contributed by atoms with E-state index in [0.717, 1.165) is 10.9 Å². The molecule has 3 aromatic rings. The Bertz CT molecular complexity index is 827. The van der Waals surface area contributed by atoms with E-state index in [1.165, 1.54) is 30.7 Å². The lowest BCUT2D eigenvalue weighted by molar-refractivity contribution is 0.0734. The van der Waals surface area contributed by atoms with E-state index in [4.69, 9.17) is 13.6 Å². The van der Waals surface area contributed by atoms with Gasteiger partial charge in [0.05, 0.1) is 11.8 Å². The van der Waals surface area contributed by atoms with Crippen molar-refractivity contribution in [2.45, 2.75) is 6.92 Å². The molecule has 0 aliphatic carbocycles. The summed E-state index contributed by atoms with van der Waals surface area (Å²) in [6, 6.07) is 7.83.